The highest BCUT2D eigenvalue weighted by molar-refractivity contribution is 5.80. The molecular formula is C24H25N3O2. The van der Waals surface area contributed by atoms with Gasteiger partial charge in [0.15, 0.2) is 0 Å². The second kappa shape index (κ2) is 8.43. The van der Waals surface area contributed by atoms with E-state index in [1.807, 2.05) is 60.7 Å². The molecule has 0 radical (unpaired) electrons. The minimum absolute atomic E-state index is 0.106. The molecule has 0 spiro atoms. The molecule has 148 valence electrons. The highest BCUT2D eigenvalue weighted by Crippen LogP contribution is 2.20. The number of carbonyl (C=O) groups excluding carboxylic acids is 1. The Morgan fingerprint density at radius 3 is 2.17 bits per heavy atom. The lowest BCUT2D eigenvalue weighted by molar-refractivity contribution is -0.136. The number of amides is 1. The van der Waals surface area contributed by atoms with Gasteiger partial charge in [-0.25, -0.2) is 4.68 Å². The molecule has 0 bridgehead atoms. The molecule has 5 nitrogen and oxygen atoms in total. The third-order valence-electron chi connectivity index (χ3n) is 5.45. The number of aromatic nitrogens is 2. The van der Waals surface area contributed by atoms with Gasteiger partial charge in [0.2, 0.25) is 5.91 Å². The largest absolute Gasteiger partial charge is 0.332 e. The molecule has 29 heavy (non-hydrogen) atoms. The van der Waals surface area contributed by atoms with Crippen molar-refractivity contribution in [1.29, 1.82) is 0 Å². The molecule has 1 aliphatic rings. The lowest BCUT2D eigenvalue weighted by Gasteiger charge is -2.27. The average molecular weight is 387 g/mol. The van der Waals surface area contributed by atoms with Crippen molar-refractivity contribution in [3.05, 3.63) is 99.5 Å². The van der Waals surface area contributed by atoms with Gasteiger partial charge in [-0.05, 0) is 42.9 Å². The van der Waals surface area contributed by atoms with Gasteiger partial charge in [-0.15, -0.1) is 0 Å². The second-order valence-corrected chi connectivity index (χ2v) is 7.59. The predicted octanol–water partition coefficient (Wildman–Crippen LogP) is 3.52. The first kappa shape index (κ1) is 19.1. The van der Waals surface area contributed by atoms with Crippen LogP contribution in [0.5, 0.6) is 0 Å². The summed E-state index contributed by atoms with van der Waals surface area (Å²) in [5.41, 5.74) is 3.88. The molecule has 0 fully saturated rings. The standard InChI is InChI=1S/C24H25N3O2/c1-18(27-23(28)15-21-13-8-14-22(21)25-27)24(29)26(16-19-9-4-2-5-10-19)17-20-11-6-3-7-12-20/h2-7,9-12,15,18H,8,13-14,16-17H2,1H3. The number of hydrogen-bond donors (Lipinski definition) is 0. The third-order valence-corrected chi connectivity index (χ3v) is 5.45. The summed E-state index contributed by atoms with van der Waals surface area (Å²) in [7, 11) is 0. The van der Waals surface area contributed by atoms with Crippen LogP contribution in [0.25, 0.3) is 0 Å². The number of aryl methyl sites for hydroxylation is 2. The van der Waals surface area contributed by atoms with E-state index in [1.165, 1.54) is 4.68 Å². The van der Waals surface area contributed by atoms with Gasteiger partial charge in [-0.3, -0.25) is 9.59 Å². The number of nitrogens with zero attached hydrogens (tertiary/aromatic N) is 3. The number of carbonyl (C=O) groups is 1. The van der Waals surface area contributed by atoms with Crippen LogP contribution >= 0.6 is 0 Å². The van der Waals surface area contributed by atoms with Crippen LogP contribution in [0.4, 0.5) is 0 Å². The van der Waals surface area contributed by atoms with E-state index in [2.05, 4.69) is 5.10 Å². The van der Waals surface area contributed by atoms with Crippen molar-refractivity contribution in [3.63, 3.8) is 0 Å². The van der Waals surface area contributed by atoms with E-state index in [9.17, 15) is 9.59 Å². The summed E-state index contributed by atoms with van der Waals surface area (Å²) in [6.45, 7) is 2.73. The molecule has 1 heterocycles. The van der Waals surface area contributed by atoms with Crippen LogP contribution in [-0.2, 0) is 30.7 Å². The van der Waals surface area contributed by atoms with Crippen LogP contribution in [0.3, 0.4) is 0 Å². The SMILES string of the molecule is CC(C(=O)N(Cc1ccccc1)Cc1ccccc1)n1nc2c(cc1=O)CCC2. The third kappa shape index (κ3) is 4.29. The smallest absolute Gasteiger partial charge is 0.267 e. The molecule has 4 rings (SSSR count). The molecule has 1 unspecified atom stereocenters. The summed E-state index contributed by atoms with van der Waals surface area (Å²) in [6, 6.07) is 20.8. The molecule has 1 amide bonds. The Bertz CT molecular complexity index is 1000. The van der Waals surface area contributed by atoms with Crippen molar-refractivity contribution in [2.24, 2.45) is 0 Å². The monoisotopic (exact) mass is 387 g/mol. The topological polar surface area (TPSA) is 55.2 Å². The van der Waals surface area contributed by atoms with Gasteiger partial charge in [0, 0.05) is 19.2 Å². The Morgan fingerprint density at radius 1 is 1.00 bits per heavy atom. The van der Waals surface area contributed by atoms with Gasteiger partial charge in [0.1, 0.15) is 6.04 Å². The number of fused-ring (bicyclic) bond motifs is 1. The first-order valence-corrected chi connectivity index (χ1v) is 10.1. The van der Waals surface area contributed by atoms with E-state index >= 15 is 0 Å². The van der Waals surface area contributed by atoms with Crippen LogP contribution in [0, 0.1) is 0 Å². The zero-order chi connectivity index (χ0) is 20.2. The Labute approximate surface area is 170 Å². The fourth-order valence-electron chi connectivity index (χ4n) is 3.88. The van der Waals surface area contributed by atoms with Crippen molar-refractivity contribution < 1.29 is 4.79 Å². The molecule has 5 heteroatoms. The summed E-state index contributed by atoms with van der Waals surface area (Å²) >= 11 is 0. The van der Waals surface area contributed by atoms with Crippen LogP contribution in [0.1, 0.15) is 41.8 Å². The average Bonchev–Trinajstić information content (AvgIpc) is 3.20. The molecule has 1 aliphatic carbocycles. The van der Waals surface area contributed by atoms with Crippen molar-refractivity contribution in [1.82, 2.24) is 14.7 Å². The molecule has 1 aromatic heterocycles. The van der Waals surface area contributed by atoms with Crippen molar-refractivity contribution in [2.45, 2.75) is 45.3 Å². The maximum atomic E-state index is 13.4. The van der Waals surface area contributed by atoms with E-state index in [1.54, 1.807) is 17.9 Å². The minimum Gasteiger partial charge on any atom is -0.332 e. The lowest BCUT2D eigenvalue weighted by Crippen LogP contribution is -2.39. The number of hydrogen-bond acceptors (Lipinski definition) is 3. The van der Waals surface area contributed by atoms with Gasteiger partial charge >= 0.3 is 0 Å². The molecule has 0 saturated carbocycles. The van der Waals surface area contributed by atoms with Gasteiger partial charge in [0.25, 0.3) is 5.56 Å². The van der Waals surface area contributed by atoms with Crippen LogP contribution in [0.15, 0.2) is 71.5 Å². The van der Waals surface area contributed by atoms with E-state index in [4.69, 9.17) is 0 Å². The maximum Gasteiger partial charge on any atom is 0.267 e. The molecule has 3 aromatic rings. The summed E-state index contributed by atoms with van der Waals surface area (Å²) in [6.07, 6.45) is 2.78. The summed E-state index contributed by atoms with van der Waals surface area (Å²) < 4.78 is 1.36. The van der Waals surface area contributed by atoms with E-state index in [-0.39, 0.29) is 11.5 Å². The highest BCUT2D eigenvalue weighted by atomic mass is 16.2. The zero-order valence-electron chi connectivity index (χ0n) is 16.6. The molecule has 1 atom stereocenters. The van der Waals surface area contributed by atoms with Gasteiger partial charge in [-0.2, -0.15) is 5.10 Å². The van der Waals surface area contributed by atoms with Crippen molar-refractivity contribution >= 4 is 5.91 Å². The number of benzene rings is 2. The van der Waals surface area contributed by atoms with Crippen LogP contribution in [0.2, 0.25) is 0 Å². The van der Waals surface area contributed by atoms with Gasteiger partial charge in [-0.1, -0.05) is 60.7 Å². The Hall–Kier alpha value is -3.21. The summed E-state index contributed by atoms with van der Waals surface area (Å²) in [4.78, 5) is 27.8. The molecule has 2 aromatic carbocycles. The fourth-order valence-corrected chi connectivity index (χ4v) is 3.88. The van der Waals surface area contributed by atoms with Crippen LogP contribution in [-0.4, -0.2) is 20.6 Å². The predicted molar refractivity (Wildman–Crippen MR) is 112 cm³/mol. The first-order valence-electron chi connectivity index (χ1n) is 10.1. The first-order chi connectivity index (χ1) is 14.1. The van der Waals surface area contributed by atoms with Crippen molar-refractivity contribution in [3.8, 4) is 0 Å². The second-order valence-electron chi connectivity index (χ2n) is 7.59. The van der Waals surface area contributed by atoms with E-state index in [0.29, 0.717) is 13.1 Å². The minimum atomic E-state index is -0.652. The number of rotatable bonds is 6. The Morgan fingerprint density at radius 2 is 1.59 bits per heavy atom. The lowest BCUT2D eigenvalue weighted by atomic mass is 10.1. The van der Waals surface area contributed by atoms with E-state index < -0.39 is 6.04 Å². The fraction of sp³-hybridized carbons (Fsp3) is 0.292. The van der Waals surface area contributed by atoms with Gasteiger partial charge < -0.3 is 4.90 Å². The van der Waals surface area contributed by atoms with Crippen molar-refractivity contribution in [2.75, 3.05) is 0 Å². The molecule has 0 aliphatic heterocycles. The normalized spacial score (nSPS) is 13.7. The summed E-state index contributed by atoms with van der Waals surface area (Å²) in [5, 5.41) is 4.53. The maximum absolute atomic E-state index is 13.4. The van der Waals surface area contributed by atoms with Gasteiger partial charge in [0.05, 0.1) is 5.69 Å². The summed E-state index contributed by atoms with van der Waals surface area (Å²) in [5.74, 6) is -0.106. The molecular weight excluding hydrogens is 362 g/mol. The molecule has 0 N–H and O–H groups in total. The Balaban J connectivity index is 1.62. The van der Waals surface area contributed by atoms with Crippen LogP contribution < -0.4 is 5.56 Å². The quantitative estimate of drug-likeness (QED) is 0.650. The molecule has 0 saturated heterocycles. The Kier molecular flexibility index (Phi) is 5.56. The highest BCUT2D eigenvalue weighted by Gasteiger charge is 2.26. The zero-order valence-corrected chi connectivity index (χ0v) is 16.6. The van der Waals surface area contributed by atoms with E-state index in [0.717, 1.165) is 41.6 Å².